The number of Topliss-reactive ketones (excluding diaryl/α,β-unsaturated/α-hetero) is 1. The monoisotopic (exact) mass is 234 g/mol. The highest BCUT2D eigenvalue weighted by Gasteiger charge is 2.07. The largest absolute Gasteiger partial charge is 0.481 e. The molecule has 0 aromatic heterocycles. The first kappa shape index (κ1) is 13.4. The molecule has 3 nitrogen and oxygen atoms in total. The number of carbonyl (C=O) groups excluding carboxylic acids is 1. The predicted molar refractivity (Wildman–Crippen MR) is 66.2 cm³/mol. The summed E-state index contributed by atoms with van der Waals surface area (Å²) in [5.41, 5.74) is 1.86. The Morgan fingerprint density at radius 2 is 1.82 bits per heavy atom. The van der Waals surface area contributed by atoms with Gasteiger partial charge in [-0.25, -0.2) is 0 Å². The summed E-state index contributed by atoms with van der Waals surface area (Å²) in [4.78, 5) is 21.6. The Kier molecular flexibility index (Phi) is 4.88. The first-order chi connectivity index (χ1) is 7.99. The number of carboxylic acids is 1. The Hall–Kier alpha value is -1.64. The van der Waals surface area contributed by atoms with Gasteiger partial charge in [0.2, 0.25) is 0 Å². The molecule has 0 spiro atoms. The first-order valence-electron chi connectivity index (χ1n) is 5.80. The molecule has 1 N–H and O–H groups in total. The first-order valence-corrected chi connectivity index (χ1v) is 5.80. The van der Waals surface area contributed by atoms with Crippen molar-refractivity contribution in [3.8, 4) is 0 Å². The molecule has 0 bridgehead atoms. The molecular formula is C14H18O3. The van der Waals surface area contributed by atoms with E-state index in [1.807, 2.05) is 31.2 Å². The van der Waals surface area contributed by atoms with Crippen molar-refractivity contribution in [3.63, 3.8) is 0 Å². The molecule has 0 aliphatic carbocycles. The van der Waals surface area contributed by atoms with Crippen molar-refractivity contribution in [2.45, 2.75) is 33.1 Å². The average molecular weight is 234 g/mol. The van der Waals surface area contributed by atoms with E-state index in [0.29, 0.717) is 5.56 Å². The van der Waals surface area contributed by atoms with Crippen LogP contribution in [-0.2, 0) is 11.2 Å². The van der Waals surface area contributed by atoms with Gasteiger partial charge in [0, 0.05) is 12.0 Å². The minimum absolute atomic E-state index is 0.0656. The topological polar surface area (TPSA) is 54.4 Å². The Labute approximate surface area is 101 Å². The Bertz CT molecular complexity index is 392. The van der Waals surface area contributed by atoms with Crippen LogP contribution in [0.4, 0.5) is 0 Å². The second-order valence-corrected chi connectivity index (χ2v) is 4.49. The SMILES string of the molecule is CC(=O)c1ccc(CCC(C)CC(=O)O)cc1. The summed E-state index contributed by atoms with van der Waals surface area (Å²) >= 11 is 0. The third-order valence-corrected chi connectivity index (χ3v) is 2.81. The molecule has 0 amide bonds. The normalized spacial score (nSPS) is 12.1. The van der Waals surface area contributed by atoms with Gasteiger partial charge < -0.3 is 5.11 Å². The van der Waals surface area contributed by atoms with Crippen molar-refractivity contribution in [1.82, 2.24) is 0 Å². The van der Waals surface area contributed by atoms with Crippen LogP contribution < -0.4 is 0 Å². The molecule has 1 aromatic carbocycles. The molecule has 0 heterocycles. The molecule has 3 heteroatoms. The Morgan fingerprint density at radius 3 is 2.29 bits per heavy atom. The van der Waals surface area contributed by atoms with Crippen molar-refractivity contribution in [1.29, 1.82) is 0 Å². The van der Waals surface area contributed by atoms with Crippen molar-refractivity contribution in [2.75, 3.05) is 0 Å². The van der Waals surface area contributed by atoms with Gasteiger partial charge in [-0.3, -0.25) is 9.59 Å². The maximum atomic E-state index is 11.1. The van der Waals surface area contributed by atoms with Crippen LogP contribution in [-0.4, -0.2) is 16.9 Å². The molecule has 0 aliphatic rings. The summed E-state index contributed by atoms with van der Waals surface area (Å²) in [5, 5.41) is 8.64. The number of benzene rings is 1. The molecule has 0 saturated carbocycles. The van der Waals surface area contributed by atoms with Crippen LogP contribution in [0.15, 0.2) is 24.3 Å². The fourth-order valence-electron chi connectivity index (χ4n) is 1.72. The Morgan fingerprint density at radius 1 is 1.24 bits per heavy atom. The molecule has 0 radical (unpaired) electrons. The summed E-state index contributed by atoms with van der Waals surface area (Å²) in [6.45, 7) is 3.49. The van der Waals surface area contributed by atoms with Crippen molar-refractivity contribution in [2.24, 2.45) is 5.92 Å². The van der Waals surface area contributed by atoms with Crippen LogP contribution in [0.3, 0.4) is 0 Å². The second kappa shape index (κ2) is 6.18. The van der Waals surface area contributed by atoms with Crippen LogP contribution in [0.2, 0.25) is 0 Å². The number of aliphatic carboxylic acids is 1. The van der Waals surface area contributed by atoms with Crippen LogP contribution in [0, 0.1) is 5.92 Å². The van der Waals surface area contributed by atoms with Crippen LogP contribution in [0.25, 0.3) is 0 Å². The maximum Gasteiger partial charge on any atom is 0.303 e. The van der Waals surface area contributed by atoms with Gasteiger partial charge in [-0.1, -0.05) is 31.2 Å². The van der Waals surface area contributed by atoms with Gasteiger partial charge in [-0.2, -0.15) is 0 Å². The molecule has 1 atom stereocenters. The van der Waals surface area contributed by atoms with Gasteiger partial charge >= 0.3 is 5.97 Å². The van der Waals surface area contributed by atoms with Gasteiger partial charge in [0.25, 0.3) is 0 Å². The Balaban J connectivity index is 2.47. The van der Waals surface area contributed by atoms with Gasteiger partial charge in [-0.15, -0.1) is 0 Å². The standard InChI is InChI=1S/C14H18O3/c1-10(9-14(16)17)3-4-12-5-7-13(8-6-12)11(2)15/h5-8,10H,3-4,9H2,1-2H3,(H,16,17). The van der Waals surface area contributed by atoms with Gasteiger partial charge in [-0.05, 0) is 31.2 Å². The molecule has 0 fully saturated rings. The number of carbonyl (C=O) groups is 2. The zero-order chi connectivity index (χ0) is 12.8. The lowest BCUT2D eigenvalue weighted by molar-refractivity contribution is -0.138. The molecule has 0 saturated heterocycles. The molecule has 92 valence electrons. The van der Waals surface area contributed by atoms with E-state index in [1.54, 1.807) is 6.92 Å². The van der Waals surface area contributed by atoms with Crippen LogP contribution in [0.1, 0.15) is 42.6 Å². The molecule has 17 heavy (non-hydrogen) atoms. The molecule has 1 rings (SSSR count). The summed E-state index contributed by atoms with van der Waals surface area (Å²) in [6.07, 6.45) is 1.92. The number of ketones is 1. The maximum absolute atomic E-state index is 11.1. The van der Waals surface area contributed by atoms with Crippen molar-refractivity contribution < 1.29 is 14.7 Å². The molecule has 1 aromatic rings. The smallest absolute Gasteiger partial charge is 0.303 e. The van der Waals surface area contributed by atoms with E-state index in [4.69, 9.17) is 5.11 Å². The highest BCUT2D eigenvalue weighted by molar-refractivity contribution is 5.93. The van der Waals surface area contributed by atoms with Crippen LogP contribution >= 0.6 is 0 Å². The summed E-state index contributed by atoms with van der Waals surface area (Å²) in [6, 6.07) is 7.51. The number of aryl methyl sites for hydroxylation is 1. The predicted octanol–water partition coefficient (Wildman–Crippen LogP) is 2.93. The van der Waals surface area contributed by atoms with Crippen LogP contribution in [0.5, 0.6) is 0 Å². The van der Waals surface area contributed by atoms with Gasteiger partial charge in [0.1, 0.15) is 0 Å². The zero-order valence-electron chi connectivity index (χ0n) is 10.3. The molecule has 1 unspecified atom stereocenters. The zero-order valence-corrected chi connectivity index (χ0v) is 10.3. The van der Waals surface area contributed by atoms with E-state index >= 15 is 0 Å². The third kappa shape index (κ3) is 4.81. The lowest BCUT2D eigenvalue weighted by atomic mass is 9.97. The summed E-state index contributed by atoms with van der Waals surface area (Å²) < 4.78 is 0. The van der Waals surface area contributed by atoms with Crippen molar-refractivity contribution >= 4 is 11.8 Å². The van der Waals surface area contributed by atoms with E-state index in [0.717, 1.165) is 18.4 Å². The fourth-order valence-corrected chi connectivity index (χ4v) is 1.72. The third-order valence-electron chi connectivity index (χ3n) is 2.81. The lowest BCUT2D eigenvalue weighted by Crippen LogP contribution is -2.05. The van der Waals surface area contributed by atoms with E-state index in [9.17, 15) is 9.59 Å². The van der Waals surface area contributed by atoms with Gasteiger partial charge in [0.15, 0.2) is 5.78 Å². The van der Waals surface area contributed by atoms with Crippen molar-refractivity contribution in [3.05, 3.63) is 35.4 Å². The summed E-state index contributed by atoms with van der Waals surface area (Å²) in [5.74, 6) is -0.500. The summed E-state index contributed by atoms with van der Waals surface area (Å²) in [7, 11) is 0. The quantitative estimate of drug-likeness (QED) is 0.770. The minimum atomic E-state index is -0.746. The van der Waals surface area contributed by atoms with E-state index in [-0.39, 0.29) is 18.1 Å². The minimum Gasteiger partial charge on any atom is -0.481 e. The highest BCUT2D eigenvalue weighted by Crippen LogP contribution is 2.13. The number of carboxylic acid groups (broad SMARTS) is 1. The second-order valence-electron chi connectivity index (χ2n) is 4.49. The average Bonchev–Trinajstić information content (AvgIpc) is 2.26. The highest BCUT2D eigenvalue weighted by atomic mass is 16.4. The van der Waals surface area contributed by atoms with E-state index < -0.39 is 5.97 Å². The van der Waals surface area contributed by atoms with E-state index in [1.165, 1.54) is 0 Å². The van der Waals surface area contributed by atoms with E-state index in [2.05, 4.69) is 0 Å². The fraction of sp³-hybridized carbons (Fsp3) is 0.429. The molecular weight excluding hydrogens is 216 g/mol. The number of hydrogen-bond acceptors (Lipinski definition) is 2. The van der Waals surface area contributed by atoms with Gasteiger partial charge in [0.05, 0.1) is 0 Å². The number of rotatable bonds is 6. The molecule has 0 aliphatic heterocycles. The number of hydrogen-bond donors (Lipinski definition) is 1. The lowest BCUT2D eigenvalue weighted by Gasteiger charge is -2.08.